The zero-order valence-corrected chi connectivity index (χ0v) is 12.0. The van der Waals surface area contributed by atoms with Crippen LogP contribution in [0.1, 0.15) is 6.92 Å². The number of thioether (sulfide) groups is 1. The number of aromatic nitrogens is 1. The molecule has 1 atom stereocenters. The molecule has 19 heavy (non-hydrogen) atoms. The number of nitrogens with zero attached hydrogens (tertiary/aromatic N) is 1. The van der Waals surface area contributed by atoms with E-state index in [1.165, 1.54) is 0 Å². The number of anilines is 1. The smallest absolute Gasteiger partial charge is 0.271 e. The van der Waals surface area contributed by atoms with Gasteiger partial charge in [0.05, 0.1) is 25.9 Å². The van der Waals surface area contributed by atoms with Crippen LogP contribution in [0.4, 0.5) is 5.69 Å². The number of morpholine rings is 1. The fourth-order valence-corrected chi connectivity index (χ4v) is 3.09. The summed E-state index contributed by atoms with van der Waals surface area (Å²) in [5.41, 5.74) is 0.455. The van der Waals surface area contributed by atoms with Crippen LogP contribution in [-0.4, -0.2) is 49.2 Å². The predicted molar refractivity (Wildman–Crippen MR) is 75.2 cm³/mol. The molecule has 0 radical (unpaired) electrons. The topological polar surface area (TPSA) is 54.6 Å². The first kappa shape index (κ1) is 13.0. The van der Waals surface area contributed by atoms with Crippen LogP contribution in [0, 0.1) is 0 Å². The van der Waals surface area contributed by atoms with Crippen LogP contribution in [-0.2, 0) is 9.47 Å². The highest BCUT2D eigenvalue weighted by Gasteiger charge is 2.50. The molecule has 2 aliphatic rings. The highest BCUT2D eigenvalue weighted by Crippen LogP contribution is 2.34. The Morgan fingerprint density at radius 3 is 2.95 bits per heavy atom. The highest BCUT2D eigenvalue weighted by molar-refractivity contribution is 7.98. The Labute approximate surface area is 116 Å². The number of H-pyrrole nitrogens is 1. The maximum absolute atomic E-state index is 12.1. The van der Waals surface area contributed by atoms with Crippen molar-refractivity contribution in [1.82, 2.24) is 4.98 Å². The molecule has 1 aromatic rings. The van der Waals surface area contributed by atoms with Gasteiger partial charge in [0.25, 0.3) is 5.56 Å². The summed E-state index contributed by atoms with van der Waals surface area (Å²) in [5, 5.41) is 0. The molecular formula is C13H18N2O3S. The Hall–Kier alpha value is -0.980. The van der Waals surface area contributed by atoms with E-state index >= 15 is 0 Å². The van der Waals surface area contributed by atoms with E-state index in [4.69, 9.17) is 9.47 Å². The van der Waals surface area contributed by atoms with Gasteiger partial charge in [0.2, 0.25) is 0 Å². The SMILES string of the molecule is CSc1c[nH]c(=O)c(N2CCOC3(COC3)C2C)c1. The molecule has 0 saturated carbocycles. The number of aromatic amines is 1. The molecule has 2 saturated heterocycles. The molecule has 2 fully saturated rings. The lowest BCUT2D eigenvalue weighted by molar-refractivity contribution is -0.228. The molecule has 5 nitrogen and oxygen atoms in total. The summed E-state index contributed by atoms with van der Waals surface area (Å²) in [7, 11) is 0. The molecule has 1 N–H and O–H groups in total. The minimum absolute atomic E-state index is 0.0399. The van der Waals surface area contributed by atoms with Gasteiger partial charge in [-0.2, -0.15) is 0 Å². The number of hydrogen-bond donors (Lipinski definition) is 1. The van der Waals surface area contributed by atoms with Crippen molar-refractivity contribution in [3.8, 4) is 0 Å². The summed E-state index contributed by atoms with van der Waals surface area (Å²) in [4.78, 5) is 18.1. The van der Waals surface area contributed by atoms with E-state index in [1.54, 1.807) is 18.0 Å². The first-order valence-corrected chi connectivity index (χ1v) is 7.64. The van der Waals surface area contributed by atoms with Crippen molar-refractivity contribution in [3.63, 3.8) is 0 Å². The molecule has 3 heterocycles. The van der Waals surface area contributed by atoms with Gasteiger partial charge in [-0.05, 0) is 19.2 Å². The van der Waals surface area contributed by atoms with E-state index < -0.39 is 0 Å². The number of ether oxygens (including phenoxy) is 2. The molecule has 104 valence electrons. The van der Waals surface area contributed by atoms with E-state index in [0.717, 1.165) is 17.1 Å². The van der Waals surface area contributed by atoms with Crippen molar-refractivity contribution in [2.24, 2.45) is 0 Å². The standard InChI is InChI=1S/C13H18N2O3S/c1-9-13(7-17-8-13)18-4-3-15(9)11-5-10(19-2)6-14-12(11)16/h5-6,9H,3-4,7-8H2,1-2H3,(H,14,16). The molecule has 1 unspecified atom stereocenters. The van der Waals surface area contributed by atoms with Crippen LogP contribution in [0.3, 0.4) is 0 Å². The third-order valence-electron chi connectivity index (χ3n) is 4.05. The van der Waals surface area contributed by atoms with Gasteiger partial charge in [0.15, 0.2) is 0 Å². The van der Waals surface area contributed by atoms with Crippen LogP contribution < -0.4 is 10.5 Å². The van der Waals surface area contributed by atoms with Crippen LogP contribution in [0.25, 0.3) is 0 Å². The zero-order valence-electron chi connectivity index (χ0n) is 11.1. The monoisotopic (exact) mass is 282 g/mol. The maximum atomic E-state index is 12.1. The van der Waals surface area contributed by atoms with Gasteiger partial charge in [-0.15, -0.1) is 11.8 Å². The Balaban J connectivity index is 1.94. The summed E-state index contributed by atoms with van der Waals surface area (Å²) >= 11 is 1.62. The Morgan fingerprint density at radius 1 is 1.53 bits per heavy atom. The predicted octanol–water partition coefficient (Wildman–Crippen LogP) is 1.09. The number of pyridine rings is 1. The quantitative estimate of drug-likeness (QED) is 0.823. The fourth-order valence-electron chi connectivity index (χ4n) is 2.69. The van der Waals surface area contributed by atoms with Crippen molar-refractivity contribution in [1.29, 1.82) is 0 Å². The average molecular weight is 282 g/mol. The van der Waals surface area contributed by atoms with Crippen molar-refractivity contribution in [2.75, 3.05) is 37.5 Å². The molecule has 6 heteroatoms. The fraction of sp³-hybridized carbons (Fsp3) is 0.615. The second kappa shape index (κ2) is 4.85. The van der Waals surface area contributed by atoms with E-state index in [9.17, 15) is 4.79 Å². The van der Waals surface area contributed by atoms with Gasteiger partial charge in [0, 0.05) is 17.6 Å². The Kier molecular flexibility index (Phi) is 3.32. The average Bonchev–Trinajstić information content (AvgIpc) is 2.38. The highest BCUT2D eigenvalue weighted by atomic mass is 32.2. The molecule has 0 amide bonds. The molecular weight excluding hydrogens is 264 g/mol. The molecule has 2 aliphatic heterocycles. The first-order valence-electron chi connectivity index (χ1n) is 6.41. The van der Waals surface area contributed by atoms with E-state index in [1.807, 2.05) is 12.3 Å². The lowest BCUT2D eigenvalue weighted by Crippen LogP contribution is -2.68. The van der Waals surface area contributed by atoms with Crippen LogP contribution >= 0.6 is 11.8 Å². The summed E-state index contributed by atoms with van der Waals surface area (Å²) in [5.74, 6) is 0. The Bertz CT molecular complexity index is 527. The normalized spacial score (nSPS) is 25.4. The zero-order chi connectivity index (χ0) is 13.5. The third-order valence-corrected chi connectivity index (χ3v) is 4.75. The number of hydrogen-bond acceptors (Lipinski definition) is 5. The maximum Gasteiger partial charge on any atom is 0.271 e. The van der Waals surface area contributed by atoms with Crippen LogP contribution in [0.5, 0.6) is 0 Å². The van der Waals surface area contributed by atoms with Gasteiger partial charge in [-0.1, -0.05) is 0 Å². The van der Waals surface area contributed by atoms with Crippen molar-refractivity contribution in [2.45, 2.75) is 23.5 Å². The Morgan fingerprint density at radius 2 is 2.32 bits per heavy atom. The van der Waals surface area contributed by atoms with Crippen LogP contribution in [0.2, 0.25) is 0 Å². The van der Waals surface area contributed by atoms with Crippen molar-refractivity contribution < 1.29 is 9.47 Å². The van der Waals surface area contributed by atoms with Crippen molar-refractivity contribution >= 4 is 17.4 Å². The molecule has 0 aromatic carbocycles. The summed E-state index contributed by atoms with van der Waals surface area (Å²) in [6, 6.07) is 2.10. The minimum Gasteiger partial charge on any atom is -0.375 e. The van der Waals surface area contributed by atoms with Gasteiger partial charge < -0.3 is 19.4 Å². The second-order valence-corrected chi connectivity index (χ2v) is 5.91. The summed E-state index contributed by atoms with van der Waals surface area (Å²) < 4.78 is 11.2. The number of nitrogens with one attached hydrogen (secondary N) is 1. The van der Waals surface area contributed by atoms with E-state index in [0.29, 0.717) is 19.8 Å². The van der Waals surface area contributed by atoms with Gasteiger partial charge in [-0.25, -0.2) is 0 Å². The molecule has 1 spiro atoms. The minimum atomic E-state index is -0.236. The van der Waals surface area contributed by atoms with Crippen molar-refractivity contribution in [3.05, 3.63) is 22.6 Å². The lowest BCUT2D eigenvalue weighted by atomic mass is 9.90. The molecule has 3 rings (SSSR count). The van der Waals surface area contributed by atoms with E-state index in [-0.39, 0.29) is 17.2 Å². The molecule has 1 aromatic heterocycles. The van der Waals surface area contributed by atoms with Gasteiger partial charge in [0.1, 0.15) is 11.3 Å². The van der Waals surface area contributed by atoms with Gasteiger partial charge >= 0.3 is 0 Å². The largest absolute Gasteiger partial charge is 0.375 e. The summed E-state index contributed by atoms with van der Waals surface area (Å²) in [6.07, 6.45) is 3.76. The molecule has 0 aliphatic carbocycles. The first-order chi connectivity index (χ1) is 9.16. The lowest BCUT2D eigenvalue weighted by Gasteiger charge is -2.53. The second-order valence-electron chi connectivity index (χ2n) is 5.03. The summed E-state index contributed by atoms with van der Waals surface area (Å²) in [6.45, 7) is 4.71. The van der Waals surface area contributed by atoms with E-state index in [2.05, 4.69) is 16.8 Å². The molecule has 0 bridgehead atoms. The third kappa shape index (κ3) is 2.07. The number of rotatable bonds is 2. The van der Waals surface area contributed by atoms with Crippen LogP contribution in [0.15, 0.2) is 22.0 Å². The van der Waals surface area contributed by atoms with Gasteiger partial charge in [-0.3, -0.25) is 4.79 Å².